The molecule has 0 spiro atoms. The fraction of sp³-hybridized carbons (Fsp3) is 0.0625. The molecule has 0 saturated carbocycles. The molecular weight excluding hydrogens is 308 g/mol. The molecule has 1 amide bonds. The monoisotopic (exact) mass is 322 g/mol. The van der Waals surface area contributed by atoms with Crippen molar-refractivity contribution in [1.29, 1.82) is 0 Å². The number of pyridine rings is 1. The maximum Gasteiger partial charge on any atom is 0.270 e. The molecule has 8 nitrogen and oxygen atoms in total. The van der Waals surface area contributed by atoms with Crippen LogP contribution >= 0.6 is 0 Å². The number of tetrazole rings is 1. The Morgan fingerprint density at radius 1 is 1.21 bits per heavy atom. The van der Waals surface area contributed by atoms with Crippen molar-refractivity contribution in [2.45, 2.75) is 6.61 Å². The van der Waals surface area contributed by atoms with Gasteiger partial charge in [-0.2, -0.15) is 5.21 Å². The summed E-state index contributed by atoms with van der Waals surface area (Å²) in [5, 5.41) is 15.3. The van der Waals surface area contributed by atoms with Crippen LogP contribution < -0.4 is 10.1 Å². The molecule has 0 bridgehead atoms. The fourth-order valence-corrected chi connectivity index (χ4v) is 1.85. The first-order valence-electron chi connectivity index (χ1n) is 7.15. The molecule has 2 N–H and O–H groups in total. The van der Waals surface area contributed by atoms with E-state index in [4.69, 9.17) is 4.74 Å². The fourth-order valence-electron chi connectivity index (χ4n) is 1.85. The number of carbonyl (C=O) groups excluding carboxylic acids is 1. The van der Waals surface area contributed by atoms with E-state index in [1.165, 1.54) is 6.08 Å². The smallest absolute Gasteiger partial charge is 0.270 e. The maximum atomic E-state index is 11.6. The number of hydrogen-bond acceptors (Lipinski definition) is 6. The minimum Gasteiger partial charge on any atom is -0.473 e. The van der Waals surface area contributed by atoms with E-state index in [0.717, 1.165) is 11.1 Å². The van der Waals surface area contributed by atoms with E-state index in [-0.39, 0.29) is 11.9 Å². The predicted molar refractivity (Wildman–Crippen MR) is 86.9 cm³/mol. The average molecular weight is 322 g/mol. The van der Waals surface area contributed by atoms with Crippen LogP contribution in [0.1, 0.15) is 11.1 Å². The minimum absolute atomic E-state index is 0.118. The van der Waals surface area contributed by atoms with Gasteiger partial charge in [0.2, 0.25) is 5.88 Å². The third kappa shape index (κ3) is 4.47. The molecule has 120 valence electrons. The van der Waals surface area contributed by atoms with Gasteiger partial charge in [-0.15, -0.1) is 5.10 Å². The minimum atomic E-state index is -0.360. The van der Waals surface area contributed by atoms with Crippen LogP contribution in [0.15, 0.2) is 54.7 Å². The van der Waals surface area contributed by atoms with Gasteiger partial charge in [-0.3, -0.25) is 10.1 Å². The largest absolute Gasteiger partial charge is 0.473 e. The third-order valence-corrected chi connectivity index (χ3v) is 3.00. The second kappa shape index (κ2) is 7.63. The molecule has 0 fully saturated rings. The quantitative estimate of drug-likeness (QED) is 0.671. The Morgan fingerprint density at radius 3 is 2.79 bits per heavy atom. The van der Waals surface area contributed by atoms with Crippen molar-refractivity contribution in [2.75, 3.05) is 5.32 Å². The van der Waals surface area contributed by atoms with Gasteiger partial charge in [0.05, 0.1) is 0 Å². The molecule has 0 aliphatic heterocycles. The zero-order valence-corrected chi connectivity index (χ0v) is 12.6. The molecule has 3 rings (SSSR count). The van der Waals surface area contributed by atoms with E-state index in [1.54, 1.807) is 18.3 Å². The maximum absolute atomic E-state index is 11.6. The Balaban J connectivity index is 1.52. The molecule has 0 radical (unpaired) electrons. The average Bonchev–Trinajstić information content (AvgIpc) is 3.13. The summed E-state index contributed by atoms with van der Waals surface area (Å²) in [6, 6.07) is 13.4. The Kier molecular flexibility index (Phi) is 4.88. The highest BCUT2D eigenvalue weighted by atomic mass is 16.5. The SMILES string of the molecule is O=C(C=Cc1ccc(OCc2ccccc2)nc1)Nc1nn[nH]n1. The van der Waals surface area contributed by atoms with E-state index >= 15 is 0 Å². The molecule has 24 heavy (non-hydrogen) atoms. The van der Waals surface area contributed by atoms with Crippen LogP contribution in [-0.4, -0.2) is 31.5 Å². The molecule has 1 aromatic carbocycles. The Morgan fingerprint density at radius 2 is 2.08 bits per heavy atom. The Bertz CT molecular complexity index is 800. The molecule has 0 unspecified atom stereocenters. The number of H-pyrrole nitrogens is 1. The van der Waals surface area contributed by atoms with E-state index < -0.39 is 0 Å². The molecule has 3 aromatic rings. The van der Waals surface area contributed by atoms with Crippen LogP contribution in [0.4, 0.5) is 5.95 Å². The summed E-state index contributed by atoms with van der Waals surface area (Å²) in [6.07, 6.45) is 4.61. The molecular formula is C16H14N6O2. The van der Waals surface area contributed by atoms with Gasteiger partial charge in [-0.25, -0.2) is 4.98 Å². The second-order valence-electron chi connectivity index (χ2n) is 4.76. The molecule has 2 aromatic heterocycles. The standard InChI is InChI=1S/C16H14N6O2/c23-14(18-16-19-21-22-20-16)8-6-12-7-9-15(17-10-12)24-11-13-4-2-1-3-5-13/h1-10H,11H2,(H2,18,19,20,21,22,23). The molecule has 8 heteroatoms. The summed E-state index contributed by atoms with van der Waals surface area (Å²) in [7, 11) is 0. The van der Waals surface area contributed by atoms with Crippen LogP contribution in [0, 0.1) is 0 Å². The van der Waals surface area contributed by atoms with E-state index in [9.17, 15) is 4.79 Å². The van der Waals surface area contributed by atoms with Crippen LogP contribution in [0.2, 0.25) is 0 Å². The highest BCUT2D eigenvalue weighted by Gasteiger charge is 2.01. The summed E-state index contributed by atoms with van der Waals surface area (Å²) < 4.78 is 5.60. The number of hydrogen-bond donors (Lipinski definition) is 2. The summed E-state index contributed by atoms with van der Waals surface area (Å²) in [6.45, 7) is 0.454. The number of nitrogens with zero attached hydrogens (tertiary/aromatic N) is 4. The lowest BCUT2D eigenvalue weighted by atomic mass is 10.2. The number of rotatable bonds is 6. The summed E-state index contributed by atoms with van der Waals surface area (Å²) in [4.78, 5) is 15.8. The number of amides is 1. The van der Waals surface area contributed by atoms with Gasteiger partial charge >= 0.3 is 0 Å². The van der Waals surface area contributed by atoms with Crippen molar-refractivity contribution in [3.8, 4) is 5.88 Å². The first-order chi connectivity index (χ1) is 11.8. The second-order valence-corrected chi connectivity index (χ2v) is 4.76. The van der Waals surface area contributed by atoms with Crippen molar-refractivity contribution < 1.29 is 9.53 Å². The van der Waals surface area contributed by atoms with Crippen molar-refractivity contribution in [3.63, 3.8) is 0 Å². The number of benzene rings is 1. The topological polar surface area (TPSA) is 106 Å². The van der Waals surface area contributed by atoms with Crippen LogP contribution in [0.3, 0.4) is 0 Å². The molecule has 0 atom stereocenters. The van der Waals surface area contributed by atoms with Crippen molar-refractivity contribution in [2.24, 2.45) is 0 Å². The molecule has 0 saturated heterocycles. The van der Waals surface area contributed by atoms with Crippen LogP contribution in [0.25, 0.3) is 6.08 Å². The number of nitrogens with one attached hydrogen (secondary N) is 2. The van der Waals surface area contributed by atoms with Gasteiger partial charge in [-0.1, -0.05) is 35.4 Å². The van der Waals surface area contributed by atoms with Crippen molar-refractivity contribution in [3.05, 3.63) is 65.9 Å². The molecule has 0 aliphatic rings. The summed E-state index contributed by atoms with van der Waals surface area (Å²) in [5.41, 5.74) is 1.84. The first-order valence-corrected chi connectivity index (χ1v) is 7.15. The lowest BCUT2D eigenvalue weighted by molar-refractivity contribution is -0.111. The van der Waals surface area contributed by atoms with Crippen molar-refractivity contribution >= 4 is 17.9 Å². The number of carbonyl (C=O) groups is 1. The molecule has 2 heterocycles. The predicted octanol–water partition coefficient (Wildman–Crippen LogP) is 1.83. The third-order valence-electron chi connectivity index (χ3n) is 3.00. The first kappa shape index (κ1) is 15.3. The number of aromatic nitrogens is 5. The van der Waals surface area contributed by atoms with E-state index in [1.807, 2.05) is 36.4 Å². The zero-order valence-electron chi connectivity index (χ0n) is 12.6. The van der Waals surface area contributed by atoms with Gasteiger partial charge < -0.3 is 4.74 Å². The highest BCUT2D eigenvalue weighted by molar-refractivity contribution is 6.00. The van der Waals surface area contributed by atoms with Gasteiger partial charge in [0.15, 0.2) is 0 Å². The Hall–Kier alpha value is -3.55. The van der Waals surface area contributed by atoms with Gasteiger partial charge in [-0.05, 0) is 28.5 Å². The highest BCUT2D eigenvalue weighted by Crippen LogP contribution is 2.11. The normalized spacial score (nSPS) is 10.7. The van der Waals surface area contributed by atoms with Gasteiger partial charge in [0, 0.05) is 18.3 Å². The van der Waals surface area contributed by atoms with E-state index in [0.29, 0.717) is 12.5 Å². The van der Waals surface area contributed by atoms with E-state index in [2.05, 4.69) is 30.9 Å². The lowest BCUT2D eigenvalue weighted by Gasteiger charge is -2.05. The van der Waals surface area contributed by atoms with Crippen LogP contribution in [0.5, 0.6) is 5.88 Å². The lowest BCUT2D eigenvalue weighted by Crippen LogP contribution is -2.09. The number of aromatic amines is 1. The molecule has 0 aliphatic carbocycles. The summed E-state index contributed by atoms with van der Waals surface area (Å²) in [5.74, 6) is 0.278. The zero-order chi connectivity index (χ0) is 16.6. The Labute approximate surface area is 137 Å². The number of ether oxygens (including phenoxy) is 1. The number of anilines is 1. The van der Waals surface area contributed by atoms with Gasteiger partial charge in [0.1, 0.15) is 6.61 Å². The van der Waals surface area contributed by atoms with Crippen LogP contribution in [-0.2, 0) is 11.4 Å². The van der Waals surface area contributed by atoms with Crippen molar-refractivity contribution in [1.82, 2.24) is 25.6 Å². The van der Waals surface area contributed by atoms with Gasteiger partial charge in [0.25, 0.3) is 11.9 Å². The summed E-state index contributed by atoms with van der Waals surface area (Å²) >= 11 is 0.